The van der Waals surface area contributed by atoms with Gasteiger partial charge < -0.3 is 11.1 Å². The fourth-order valence-corrected chi connectivity index (χ4v) is 2.12. The molecule has 6 heteroatoms. The minimum atomic E-state index is -0.429. The molecule has 2 amide bonds. The number of anilines is 1. The Morgan fingerprint density at radius 1 is 1.25 bits per heavy atom. The predicted molar refractivity (Wildman–Crippen MR) is 83.2 cm³/mol. The molecule has 0 aromatic heterocycles. The Morgan fingerprint density at radius 2 is 1.85 bits per heavy atom. The Bertz CT molecular complexity index is 460. The monoisotopic (exact) mass is 341 g/mol. The van der Waals surface area contributed by atoms with Crippen LogP contribution in [0.15, 0.2) is 28.7 Å². The SMILES string of the molecule is CC(C)CN(CC(N)=O)CC(=O)Nc1ccc(Br)cc1. The molecule has 1 aromatic carbocycles. The Morgan fingerprint density at radius 3 is 2.35 bits per heavy atom. The summed E-state index contributed by atoms with van der Waals surface area (Å²) in [6, 6.07) is 7.32. The smallest absolute Gasteiger partial charge is 0.238 e. The second-order valence-electron chi connectivity index (χ2n) is 5.08. The maximum atomic E-state index is 12.0. The van der Waals surface area contributed by atoms with E-state index in [4.69, 9.17) is 5.73 Å². The zero-order valence-electron chi connectivity index (χ0n) is 11.7. The molecule has 0 heterocycles. The van der Waals surface area contributed by atoms with Crippen LogP contribution in [0.1, 0.15) is 13.8 Å². The van der Waals surface area contributed by atoms with E-state index in [0.717, 1.165) is 10.2 Å². The normalized spacial score (nSPS) is 10.8. The van der Waals surface area contributed by atoms with Gasteiger partial charge in [0.05, 0.1) is 13.1 Å². The molecule has 0 radical (unpaired) electrons. The summed E-state index contributed by atoms with van der Waals surface area (Å²) in [4.78, 5) is 24.7. The summed E-state index contributed by atoms with van der Waals surface area (Å²) < 4.78 is 0.950. The summed E-state index contributed by atoms with van der Waals surface area (Å²) in [5.41, 5.74) is 5.92. The van der Waals surface area contributed by atoms with Gasteiger partial charge in [0.1, 0.15) is 0 Å². The van der Waals surface area contributed by atoms with Crippen molar-refractivity contribution in [3.63, 3.8) is 0 Å². The summed E-state index contributed by atoms with van der Waals surface area (Å²) in [6.45, 7) is 4.95. The first kappa shape index (κ1) is 16.7. The van der Waals surface area contributed by atoms with Gasteiger partial charge in [-0.25, -0.2) is 0 Å². The zero-order chi connectivity index (χ0) is 15.1. The highest BCUT2D eigenvalue weighted by molar-refractivity contribution is 9.10. The van der Waals surface area contributed by atoms with E-state index < -0.39 is 5.91 Å². The number of nitrogens with two attached hydrogens (primary N) is 1. The van der Waals surface area contributed by atoms with Gasteiger partial charge in [0.2, 0.25) is 11.8 Å². The minimum Gasteiger partial charge on any atom is -0.369 e. The van der Waals surface area contributed by atoms with Gasteiger partial charge in [-0.05, 0) is 30.2 Å². The number of primary amides is 1. The summed E-state index contributed by atoms with van der Waals surface area (Å²) in [6.07, 6.45) is 0. The number of hydrogen-bond acceptors (Lipinski definition) is 3. The molecule has 5 nitrogen and oxygen atoms in total. The van der Waals surface area contributed by atoms with Crippen LogP contribution in [0, 0.1) is 5.92 Å². The van der Waals surface area contributed by atoms with Crippen LogP contribution < -0.4 is 11.1 Å². The van der Waals surface area contributed by atoms with E-state index in [1.807, 2.05) is 38.1 Å². The third kappa shape index (κ3) is 6.68. The lowest BCUT2D eigenvalue weighted by molar-refractivity contribution is -0.121. The Balaban J connectivity index is 2.56. The summed E-state index contributed by atoms with van der Waals surface area (Å²) in [5.74, 6) is -0.230. The van der Waals surface area contributed by atoms with E-state index in [1.54, 1.807) is 4.90 Å². The second kappa shape index (κ2) is 8.01. The quantitative estimate of drug-likeness (QED) is 0.794. The largest absolute Gasteiger partial charge is 0.369 e. The van der Waals surface area contributed by atoms with Gasteiger partial charge in [-0.1, -0.05) is 29.8 Å². The van der Waals surface area contributed by atoms with Gasteiger partial charge in [-0.3, -0.25) is 14.5 Å². The molecule has 110 valence electrons. The number of hydrogen-bond donors (Lipinski definition) is 2. The van der Waals surface area contributed by atoms with Crippen LogP contribution in [-0.4, -0.2) is 36.3 Å². The Labute approximate surface area is 127 Å². The fraction of sp³-hybridized carbons (Fsp3) is 0.429. The molecule has 1 rings (SSSR count). The summed E-state index contributed by atoms with van der Waals surface area (Å²) in [7, 11) is 0. The van der Waals surface area contributed by atoms with Gasteiger partial charge >= 0.3 is 0 Å². The van der Waals surface area contributed by atoms with Gasteiger partial charge in [0, 0.05) is 16.7 Å². The number of carbonyl (C=O) groups excluding carboxylic acids is 2. The molecule has 0 saturated heterocycles. The molecule has 0 saturated carbocycles. The second-order valence-corrected chi connectivity index (χ2v) is 6.00. The summed E-state index contributed by atoms with van der Waals surface area (Å²) in [5, 5.41) is 2.79. The molecule has 0 aliphatic carbocycles. The van der Waals surface area contributed by atoms with Gasteiger partial charge in [-0.15, -0.1) is 0 Å². The van der Waals surface area contributed by atoms with Crippen LogP contribution in [-0.2, 0) is 9.59 Å². The van der Waals surface area contributed by atoms with Gasteiger partial charge in [-0.2, -0.15) is 0 Å². The molecule has 20 heavy (non-hydrogen) atoms. The Hall–Kier alpha value is -1.40. The number of benzene rings is 1. The number of rotatable bonds is 7. The highest BCUT2D eigenvalue weighted by Crippen LogP contribution is 2.14. The van der Waals surface area contributed by atoms with Crippen LogP contribution in [0.4, 0.5) is 5.69 Å². The molecule has 0 atom stereocenters. The van der Waals surface area contributed by atoms with Gasteiger partial charge in [0.25, 0.3) is 0 Å². The first-order valence-corrected chi connectivity index (χ1v) is 7.22. The van der Waals surface area contributed by atoms with Crippen molar-refractivity contribution in [3.8, 4) is 0 Å². The van der Waals surface area contributed by atoms with Crippen LogP contribution in [0.25, 0.3) is 0 Å². The van der Waals surface area contributed by atoms with Crippen molar-refractivity contribution in [2.75, 3.05) is 25.0 Å². The number of nitrogens with one attached hydrogen (secondary N) is 1. The van der Waals surface area contributed by atoms with E-state index in [1.165, 1.54) is 0 Å². The Kier molecular flexibility index (Phi) is 6.67. The lowest BCUT2D eigenvalue weighted by atomic mass is 10.2. The maximum Gasteiger partial charge on any atom is 0.238 e. The molecule has 1 aromatic rings. The molecule has 3 N–H and O–H groups in total. The van der Waals surface area contributed by atoms with Gasteiger partial charge in [0.15, 0.2) is 0 Å². The standard InChI is InChI=1S/C14H20BrN3O2/c1-10(2)7-18(8-13(16)19)9-14(20)17-12-5-3-11(15)4-6-12/h3-6,10H,7-9H2,1-2H3,(H2,16,19)(H,17,20). The molecule has 0 aliphatic heterocycles. The fourth-order valence-electron chi connectivity index (χ4n) is 1.86. The summed E-state index contributed by atoms with van der Waals surface area (Å²) >= 11 is 3.33. The van der Waals surface area contributed by atoms with Crippen LogP contribution in [0.5, 0.6) is 0 Å². The third-order valence-corrected chi connectivity index (χ3v) is 3.03. The number of carbonyl (C=O) groups is 2. The lowest BCUT2D eigenvalue weighted by Crippen LogP contribution is -2.41. The van der Waals surface area contributed by atoms with Crippen LogP contribution >= 0.6 is 15.9 Å². The minimum absolute atomic E-state index is 0.0892. The first-order valence-electron chi connectivity index (χ1n) is 6.43. The lowest BCUT2D eigenvalue weighted by Gasteiger charge is -2.22. The highest BCUT2D eigenvalue weighted by atomic mass is 79.9. The van der Waals surface area contributed by atoms with E-state index in [9.17, 15) is 9.59 Å². The van der Waals surface area contributed by atoms with E-state index >= 15 is 0 Å². The zero-order valence-corrected chi connectivity index (χ0v) is 13.3. The topological polar surface area (TPSA) is 75.4 Å². The molecular weight excluding hydrogens is 322 g/mol. The highest BCUT2D eigenvalue weighted by Gasteiger charge is 2.14. The van der Waals surface area contributed by atoms with Crippen LogP contribution in [0.3, 0.4) is 0 Å². The number of amides is 2. The van der Waals surface area contributed by atoms with Crippen molar-refractivity contribution in [1.82, 2.24) is 4.90 Å². The van der Waals surface area contributed by atoms with Crippen molar-refractivity contribution in [2.24, 2.45) is 11.7 Å². The van der Waals surface area contributed by atoms with Crippen LogP contribution in [0.2, 0.25) is 0 Å². The molecule has 0 aliphatic rings. The molecule has 0 bridgehead atoms. The molecule has 0 spiro atoms. The third-order valence-electron chi connectivity index (χ3n) is 2.50. The number of nitrogens with zero attached hydrogens (tertiary/aromatic N) is 1. The average molecular weight is 342 g/mol. The number of halogens is 1. The first-order chi connectivity index (χ1) is 9.36. The van der Waals surface area contributed by atoms with E-state index in [0.29, 0.717) is 12.5 Å². The van der Waals surface area contributed by atoms with Crippen molar-refractivity contribution >= 4 is 33.4 Å². The molecular formula is C14H20BrN3O2. The average Bonchev–Trinajstić information content (AvgIpc) is 2.30. The molecule has 0 unspecified atom stereocenters. The predicted octanol–water partition coefficient (Wildman–Crippen LogP) is 1.83. The van der Waals surface area contributed by atoms with Crippen molar-refractivity contribution in [1.29, 1.82) is 0 Å². The van der Waals surface area contributed by atoms with Crippen molar-refractivity contribution < 1.29 is 9.59 Å². The maximum absolute atomic E-state index is 12.0. The molecule has 0 fully saturated rings. The van der Waals surface area contributed by atoms with Crippen molar-refractivity contribution in [2.45, 2.75) is 13.8 Å². The van der Waals surface area contributed by atoms with E-state index in [-0.39, 0.29) is 19.0 Å². The van der Waals surface area contributed by atoms with Crippen molar-refractivity contribution in [3.05, 3.63) is 28.7 Å². The van der Waals surface area contributed by atoms with E-state index in [2.05, 4.69) is 21.2 Å².